The highest BCUT2D eigenvalue weighted by Crippen LogP contribution is 2.15. The first-order valence-electron chi connectivity index (χ1n) is 9.01. The van der Waals surface area contributed by atoms with Crippen LogP contribution >= 0.6 is 0 Å². The topological polar surface area (TPSA) is 71.8 Å². The molecule has 0 amide bonds. The normalized spacial score (nSPS) is 14.1. The summed E-state index contributed by atoms with van der Waals surface area (Å²) in [7, 11) is 0. The van der Waals surface area contributed by atoms with E-state index in [1.807, 2.05) is 42.3 Å². The van der Waals surface area contributed by atoms with Crippen LogP contribution in [0, 0.1) is 6.92 Å². The van der Waals surface area contributed by atoms with Gasteiger partial charge in [-0.05, 0) is 31.4 Å². The van der Waals surface area contributed by atoms with Crippen molar-refractivity contribution in [2.75, 3.05) is 18.0 Å². The van der Waals surface area contributed by atoms with E-state index in [0.29, 0.717) is 0 Å². The van der Waals surface area contributed by atoms with Crippen molar-refractivity contribution in [1.82, 2.24) is 29.8 Å². The van der Waals surface area contributed by atoms with Gasteiger partial charge in [0.2, 0.25) is 5.95 Å². The van der Waals surface area contributed by atoms with Gasteiger partial charge in [0.25, 0.3) is 0 Å². The van der Waals surface area contributed by atoms with Crippen LogP contribution in [0.25, 0.3) is 5.82 Å². The van der Waals surface area contributed by atoms with Gasteiger partial charge in [-0.2, -0.15) is 0 Å². The lowest BCUT2D eigenvalue weighted by molar-refractivity contribution is 0.685. The monoisotopic (exact) mass is 349 g/mol. The molecule has 0 aromatic carbocycles. The van der Waals surface area contributed by atoms with Crippen molar-refractivity contribution >= 4 is 5.95 Å². The Bertz CT molecular complexity index is 833. The third-order valence-electron chi connectivity index (χ3n) is 4.62. The van der Waals surface area contributed by atoms with Crippen LogP contribution in [0.15, 0.2) is 43.1 Å². The SMILES string of the molecule is Cc1nccn1-c1ccc(CNCc2cnc(N3CCCC3)nc2)cn1. The molecule has 1 N–H and O–H groups in total. The molecule has 0 aliphatic carbocycles. The van der Waals surface area contributed by atoms with Crippen LogP contribution in [0.1, 0.15) is 29.8 Å². The van der Waals surface area contributed by atoms with Crippen molar-refractivity contribution in [3.05, 3.63) is 60.1 Å². The summed E-state index contributed by atoms with van der Waals surface area (Å²) >= 11 is 0. The standard InChI is InChI=1S/C19H23N7/c1-15-21-6-9-26(15)18-5-4-16(12-22-18)10-20-11-17-13-23-19(24-14-17)25-7-2-3-8-25/h4-6,9,12-14,20H,2-3,7-8,10-11H2,1H3. The molecule has 0 saturated carbocycles. The number of aryl methyl sites for hydroxylation is 1. The number of aromatic nitrogens is 5. The van der Waals surface area contributed by atoms with Gasteiger partial charge in [-0.25, -0.2) is 19.9 Å². The van der Waals surface area contributed by atoms with E-state index in [-0.39, 0.29) is 0 Å². The van der Waals surface area contributed by atoms with Crippen LogP contribution in [-0.2, 0) is 13.1 Å². The fourth-order valence-corrected chi connectivity index (χ4v) is 3.15. The molecular weight excluding hydrogens is 326 g/mol. The van der Waals surface area contributed by atoms with Gasteiger partial charge in [0, 0.05) is 62.7 Å². The first-order valence-corrected chi connectivity index (χ1v) is 9.01. The van der Waals surface area contributed by atoms with E-state index in [1.54, 1.807) is 6.20 Å². The fourth-order valence-electron chi connectivity index (χ4n) is 3.15. The number of hydrogen-bond donors (Lipinski definition) is 1. The molecule has 3 aromatic rings. The molecule has 0 spiro atoms. The molecule has 0 radical (unpaired) electrons. The summed E-state index contributed by atoms with van der Waals surface area (Å²) in [5, 5.41) is 3.42. The Morgan fingerprint density at radius 3 is 2.31 bits per heavy atom. The van der Waals surface area contributed by atoms with Crippen LogP contribution in [0.4, 0.5) is 5.95 Å². The predicted octanol–water partition coefficient (Wildman–Crippen LogP) is 2.26. The highest BCUT2D eigenvalue weighted by Gasteiger charge is 2.14. The van der Waals surface area contributed by atoms with Gasteiger partial charge < -0.3 is 10.2 Å². The van der Waals surface area contributed by atoms with Gasteiger partial charge in [-0.3, -0.25) is 4.57 Å². The number of imidazole rings is 1. The lowest BCUT2D eigenvalue weighted by Gasteiger charge is -2.14. The minimum absolute atomic E-state index is 0.739. The number of pyridine rings is 1. The highest BCUT2D eigenvalue weighted by atomic mass is 15.3. The van der Waals surface area contributed by atoms with E-state index in [4.69, 9.17) is 0 Å². The Labute approximate surface area is 153 Å². The summed E-state index contributed by atoms with van der Waals surface area (Å²) in [5.41, 5.74) is 2.23. The fraction of sp³-hybridized carbons (Fsp3) is 0.368. The van der Waals surface area contributed by atoms with Crippen LogP contribution in [0.5, 0.6) is 0 Å². The number of rotatable bonds is 6. The maximum atomic E-state index is 4.52. The molecule has 4 rings (SSSR count). The lowest BCUT2D eigenvalue weighted by Crippen LogP contribution is -2.20. The van der Waals surface area contributed by atoms with Gasteiger partial charge >= 0.3 is 0 Å². The van der Waals surface area contributed by atoms with E-state index in [2.05, 4.69) is 36.2 Å². The Hall–Kier alpha value is -2.80. The van der Waals surface area contributed by atoms with Crippen LogP contribution < -0.4 is 10.2 Å². The van der Waals surface area contributed by atoms with Crippen LogP contribution in [0.2, 0.25) is 0 Å². The Morgan fingerprint density at radius 1 is 0.923 bits per heavy atom. The molecule has 3 aromatic heterocycles. The third kappa shape index (κ3) is 3.72. The zero-order valence-electron chi connectivity index (χ0n) is 15.0. The minimum Gasteiger partial charge on any atom is -0.341 e. The van der Waals surface area contributed by atoms with Crippen molar-refractivity contribution in [3.8, 4) is 5.82 Å². The highest BCUT2D eigenvalue weighted by molar-refractivity contribution is 5.31. The second kappa shape index (κ2) is 7.61. The van der Waals surface area contributed by atoms with Gasteiger partial charge in [0.15, 0.2) is 0 Å². The smallest absolute Gasteiger partial charge is 0.225 e. The molecule has 7 nitrogen and oxygen atoms in total. The van der Waals surface area contributed by atoms with Gasteiger partial charge in [-0.15, -0.1) is 0 Å². The molecule has 0 bridgehead atoms. The molecule has 0 unspecified atom stereocenters. The average Bonchev–Trinajstić information content (AvgIpc) is 3.35. The number of nitrogens with one attached hydrogen (secondary N) is 1. The molecule has 1 fully saturated rings. The van der Waals surface area contributed by atoms with Gasteiger partial charge in [0.1, 0.15) is 11.6 Å². The molecule has 0 atom stereocenters. The maximum absolute atomic E-state index is 4.52. The first-order chi connectivity index (χ1) is 12.8. The van der Waals surface area contributed by atoms with Crippen LogP contribution in [0.3, 0.4) is 0 Å². The second-order valence-corrected chi connectivity index (χ2v) is 6.56. The van der Waals surface area contributed by atoms with Crippen molar-refractivity contribution < 1.29 is 0 Å². The zero-order chi connectivity index (χ0) is 17.8. The van der Waals surface area contributed by atoms with Gasteiger partial charge in [0.05, 0.1) is 0 Å². The van der Waals surface area contributed by atoms with E-state index >= 15 is 0 Å². The molecule has 1 saturated heterocycles. The van der Waals surface area contributed by atoms with Gasteiger partial charge in [-0.1, -0.05) is 6.07 Å². The molecule has 4 heterocycles. The third-order valence-corrected chi connectivity index (χ3v) is 4.62. The number of nitrogens with zero attached hydrogens (tertiary/aromatic N) is 6. The summed E-state index contributed by atoms with van der Waals surface area (Å²) in [6.07, 6.45) is 11.9. The van der Waals surface area contributed by atoms with Crippen molar-refractivity contribution in [2.24, 2.45) is 0 Å². The predicted molar refractivity (Wildman–Crippen MR) is 100 cm³/mol. The summed E-state index contributed by atoms with van der Waals surface area (Å²) in [4.78, 5) is 20.0. The summed E-state index contributed by atoms with van der Waals surface area (Å²) < 4.78 is 1.97. The molecule has 134 valence electrons. The maximum Gasteiger partial charge on any atom is 0.225 e. The summed E-state index contributed by atoms with van der Waals surface area (Å²) in [6.45, 7) is 5.60. The Balaban J connectivity index is 1.29. The lowest BCUT2D eigenvalue weighted by atomic mass is 10.2. The van der Waals surface area contributed by atoms with Crippen molar-refractivity contribution in [2.45, 2.75) is 32.9 Å². The van der Waals surface area contributed by atoms with E-state index < -0.39 is 0 Å². The quantitative estimate of drug-likeness (QED) is 0.736. The largest absolute Gasteiger partial charge is 0.341 e. The average molecular weight is 349 g/mol. The summed E-state index contributed by atoms with van der Waals surface area (Å²) in [6, 6.07) is 4.10. The molecule has 26 heavy (non-hydrogen) atoms. The van der Waals surface area contributed by atoms with Crippen LogP contribution in [-0.4, -0.2) is 37.6 Å². The van der Waals surface area contributed by atoms with Crippen molar-refractivity contribution in [1.29, 1.82) is 0 Å². The zero-order valence-corrected chi connectivity index (χ0v) is 15.0. The molecule has 1 aliphatic heterocycles. The Morgan fingerprint density at radius 2 is 1.65 bits per heavy atom. The van der Waals surface area contributed by atoms with E-state index in [9.17, 15) is 0 Å². The molecule has 1 aliphatic rings. The van der Waals surface area contributed by atoms with E-state index in [0.717, 1.165) is 54.9 Å². The number of anilines is 1. The second-order valence-electron chi connectivity index (χ2n) is 6.56. The molecular formula is C19H23N7. The molecule has 7 heteroatoms. The Kier molecular flexibility index (Phi) is 4.88. The first kappa shape index (κ1) is 16.7. The van der Waals surface area contributed by atoms with Crippen molar-refractivity contribution in [3.63, 3.8) is 0 Å². The number of hydrogen-bond acceptors (Lipinski definition) is 6. The minimum atomic E-state index is 0.739. The van der Waals surface area contributed by atoms with E-state index in [1.165, 1.54) is 12.8 Å². The summed E-state index contributed by atoms with van der Waals surface area (Å²) in [5.74, 6) is 2.66.